The van der Waals surface area contributed by atoms with E-state index in [1.807, 2.05) is 0 Å². The lowest BCUT2D eigenvalue weighted by Gasteiger charge is -2.10. The number of hydrogen-bond donors (Lipinski definition) is 0. The van der Waals surface area contributed by atoms with Crippen LogP contribution in [0, 0.1) is 0 Å². The Balaban J connectivity index is 3.24. The van der Waals surface area contributed by atoms with Gasteiger partial charge in [0, 0.05) is 10.9 Å². The Morgan fingerprint density at radius 3 is 2.31 bits per heavy atom. The molecule has 0 spiro atoms. The largest absolute Gasteiger partial charge is 0.416 e. The van der Waals surface area contributed by atoms with Crippen LogP contribution in [0.1, 0.15) is 11.1 Å². The van der Waals surface area contributed by atoms with Gasteiger partial charge in [-0.3, -0.25) is 0 Å². The molecule has 0 saturated carbocycles. The molecule has 0 saturated heterocycles. The van der Waals surface area contributed by atoms with Crippen LogP contribution in [0.3, 0.4) is 0 Å². The van der Waals surface area contributed by atoms with Gasteiger partial charge in [0.25, 0.3) is 0 Å². The first-order chi connectivity index (χ1) is 5.95. The molecule has 0 atom stereocenters. The SMILES string of the molecule is FC(F)(F)c1cc(Cl)ccc1CCl. The lowest BCUT2D eigenvalue weighted by molar-refractivity contribution is -0.138. The van der Waals surface area contributed by atoms with Crippen molar-refractivity contribution in [3.8, 4) is 0 Å². The van der Waals surface area contributed by atoms with Crippen LogP contribution in [0.25, 0.3) is 0 Å². The third-order valence-corrected chi connectivity index (χ3v) is 2.04. The zero-order valence-corrected chi connectivity index (χ0v) is 7.84. The van der Waals surface area contributed by atoms with Crippen LogP contribution in [0.2, 0.25) is 5.02 Å². The highest BCUT2D eigenvalue weighted by atomic mass is 35.5. The first-order valence-electron chi connectivity index (χ1n) is 3.36. The molecule has 0 bridgehead atoms. The van der Waals surface area contributed by atoms with Gasteiger partial charge in [0.05, 0.1) is 5.56 Å². The minimum absolute atomic E-state index is 0.0403. The summed E-state index contributed by atoms with van der Waals surface area (Å²) in [5.41, 5.74) is -0.728. The molecule has 13 heavy (non-hydrogen) atoms. The molecular formula is C8H5Cl2F3. The molecule has 1 aromatic rings. The van der Waals surface area contributed by atoms with Crippen LogP contribution < -0.4 is 0 Å². The van der Waals surface area contributed by atoms with Gasteiger partial charge in [-0.2, -0.15) is 13.2 Å². The summed E-state index contributed by atoms with van der Waals surface area (Å²) in [6.07, 6.45) is -4.39. The van der Waals surface area contributed by atoms with Crippen molar-refractivity contribution in [1.29, 1.82) is 0 Å². The van der Waals surface area contributed by atoms with E-state index in [0.29, 0.717) is 0 Å². The van der Waals surface area contributed by atoms with E-state index in [0.717, 1.165) is 6.07 Å². The third kappa shape index (κ3) is 2.51. The molecule has 0 heterocycles. The van der Waals surface area contributed by atoms with Crippen molar-refractivity contribution in [3.63, 3.8) is 0 Å². The van der Waals surface area contributed by atoms with E-state index in [-0.39, 0.29) is 16.5 Å². The second kappa shape index (κ2) is 3.76. The van der Waals surface area contributed by atoms with E-state index in [4.69, 9.17) is 23.2 Å². The number of hydrogen-bond acceptors (Lipinski definition) is 0. The van der Waals surface area contributed by atoms with Crippen LogP contribution in [0.4, 0.5) is 13.2 Å². The quantitative estimate of drug-likeness (QED) is 0.636. The van der Waals surface area contributed by atoms with Crippen molar-refractivity contribution in [3.05, 3.63) is 34.3 Å². The molecule has 0 aliphatic rings. The van der Waals surface area contributed by atoms with Crippen molar-refractivity contribution in [2.24, 2.45) is 0 Å². The summed E-state index contributed by atoms with van der Waals surface area (Å²) in [7, 11) is 0. The molecule has 0 fully saturated rings. The third-order valence-electron chi connectivity index (χ3n) is 1.52. The highest BCUT2D eigenvalue weighted by Crippen LogP contribution is 2.34. The first-order valence-corrected chi connectivity index (χ1v) is 4.28. The molecule has 0 aromatic heterocycles. The van der Waals surface area contributed by atoms with Gasteiger partial charge >= 0.3 is 6.18 Å². The maximum absolute atomic E-state index is 12.3. The van der Waals surface area contributed by atoms with Gasteiger partial charge in [0.1, 0.15) is 0 Å². The number of rotatable bonds is 1. The van der Waals surface area contributed by atoms with Gasteiger partial charge in [-0.1, -0.05) is 17.7 Å². The van der Waals surface area contributed by atoms with E-state index in [9.17, 15) is 13.2 Å². The second-order valence-corrected chi connectivity index (χ2v) is 3.14. The average molecular weight is 229 g/mol. The Labute approximate surface area is 83.3 Å². The van der Waals surface area contributed by atoms with Crippen molar-refractivity contribution in [2.75, 3.05) is 0 Å². The van der Waals surface area contributed by atoms with E-state index in [1.165, 1.54) is 12.1 Å². The van der Waals surface area contributed by atoms with Crippen molar-refractivity contribution < 1.29 is 13.2 Å². The maximum atomic E-state index is 12.3. The fourth-order valence-electron chi connectivity index (χ4n) is 0.929. The van der Waals surface area contributed by atoms with Crippen LogP contribution >= 0.6 is 23.2 Å². The molecule has 0 N–H and O–H groups in total. The minimum Gasteiger partial charge on any atom is -0.166 e. The summed E-state index contributed by atoms with van der Waals surface area (Å²) in [5.74, 6) is -0.175. The topological polar surface area (TPSA) is 0 Å². The molecule has 1 aromatic carbocycles. The lowest BCUT2D eigenvalue weighted by Crippen LogP contribution is -2.08. The molecule has 5 heteroatoms. The molecule has 0 aliphatic heterocycles. The predicted octanol–water partition coefficient (Wildman–Crippen LogP) is 4.10. The molecule has 72 valence electrons. The van der Waals surface area contributed by atoms with Crippen molar-refractivity contribution >= 4 is 23.2 Å². The molecule has 0 amide bonds. The fraction of sp³-hybridized carbons (Fsp3) is 0.250. The summed E-state index contributed by atoms with van der Waals surface area (Å²) in [4.78, 5) is 0. The van der Waals surface area contributed by atoms with Gasteiger partial charge in [0.15, 0.2) is 0 Å². The summed E-state index contributed by atoms with van der Waals surface area (Å²) >= 11 is 10.8. The summed E-state index contributed by atoms with van der Waals surface area (Å²) in [6, 6.07) is 3.53. The van der Waals surface area contributed by atoms with Gasteiger partial charge in [0.2, 0.25) is 0 Å². The first kappa shape index (κ1) is 10.7. The number of halogens is 5. The number of benzene rings is 1. The monoisotopic (exact) mass is 228 g/mol. The Morgan fingerprint density at radius 1 is 1.23 bits per heavy atom. The Kier molecular flexibility index (Phi) is 3.09. The van der Waals surface area contributed by atoms with E-state index >= 15 is 0 Å². The fourth-order valence-corrected chi connectivity index (χ4v) is 1.33. The Morgan fingerprint density at radius 2 is 1.85 bits per heavy atom. The van der Waals surface area contributed by atoms with Crippen LogP contribution in [0.15, 0.2) is 18.2 Å². The summed E-state index contributed by atoms with van der Waals surface area (Å²) in [5, 5.41) is 0.0567. The Hall–Kier alpha value is -0.410. The van der Waals surface area contributed by atoms with Crippen LogP contribution in [-0.2, 0) is 12.1 Å². The predicted molar refractivity (Wildman–Crippen MR) is 46.0 cm³/mol. The normalized spacial score (nSPS) is 11.8. The van der Waals surface area contributed by atoms with Crippen LogP contribution in [-0.4, -0.2) is 0 Å². The standard InChI is InChI=1S/C8H5Cl2F3/c9-4-5-1-2-6(10)3-7(5)8(11,12)13/h1-3H,4H2. The van der Waals surface area contributed by atoms with Gasteiger partial charge in [-0.25, -0.2) is 0 Å². The lowest BCUT2D eigenvalue weighted by atomic mass is 10.1. The molecular weight excluding hydrogens is 224 g/mol. The van der Waals surface area contributed by atoms with Crippen molar-refractivity contribution in [2.45, 2.75) is 12.1 Å². The maximum Gasteiger partial charge on any atom is 0.416 e. The highest BCUT2D eigenvalue weighted by Gasteiger charge is 2.33. The Bertz CT molecular complexity index is 307. The van der Waals surface area contributed by atoms with Gasteiger partial charge < -0.3 is 0 Å². The highest BCUT2D eigenvalue weighted by molar-refractivity contribution is 6.30. The van der Waals surface area contributed by atoms with E-state index in [1.54, 1.807) is 0 Å². The molecule has 0 radical (unpaired) electrons. The zero-order chi connectivity index (χ0) is 10.1. The molecule has 0 unspecified atom stereocenters. The zero-order valence-electron chi connectivity index (χ0n) is 6.33. The molecule has 0 nitrogen and oxygen atoms in total. The van der Waals surface area contributed by atoms with E-state index in [2.05, 4.69) is 0 Å². The van der Waals surface area contributed by atoms with Crippen molar-refractivity contribution in [1.82, 2.24) is 0 Å². The van der Waals surface area contributed by atoms with E-state index < -0.39 is 11.7 Å². The summed E-state index contributed by atoms with van der Waals surface area (Å²) < 4.78 is 36.9. The van der Waals surface area contributed by atoms with Crippen LogP contribution in [0.5, 0.6) is 0 Å². The smallest absolute Gasteiger partial charge is 0.166 e. The van der Waals surface area contributed by atoms with Gasteiger partial charge in [-0.05, 0) is 17.7 Å². The van der Waals surface area contributed by atoms with Gasteiger partial charge in [-0.15, -0.1) is 11.6 Å². The minimum atomic E-state index is -4.39. The second-order valence-electron chi connectivity index (χ2n) is 2.43. The summed E-state index contributed by atoms with van der Waals surface area (Å²) in [6.45, 7) is 0. The number of alkyl halides is 4. The molecule has 0 aliphatic carbocycles. The average Bonchev–Trinajstić information content (AvgIpc) is 2.03. The molecule has 1 rings (SSSR count).